The largest absolute Gasteiger partial charge is 0.316 e. The molecule has 0 bridgehead atoms. The van der Waals surface area contributed by atoms with Gasteiger partial charge in [0, 0.05) is 32.2 Å². The van der Waals surface area contributed by atoms with E-state index in [-0.39, 0.29) is 0 Å². The van der Waals surface area contributed by atoms with Gasteiger partial charge in [-0.3, -0.25) is 0 Å². The molecule has 8 nitrogen and oxygen atoms in total. The zero-order valence-electron chi connectivity index (χ0n) is 15.4. The molecule has 0 radical (unpaired) electrons. The topological polar surface area (TPSA) is 91.3 Å². The molecule has 1 aromatic carbocycles. The Bertz CT molecular complexity index is 1110. The number of fused-ring (bicyclic) bond motifs is 1. The molecule has 3 heterocycles. The number of nitrogens with zero attached hydrogens (tertiary/aromatic N) is 5. The third kappa shape index (κ3) is 3.96. The van der Waals surface area contributed by atoms with E-state index in [1.165, 1.54) is 11.3 Å². The smallest absolute Gasteiger partial charge is 0.243 e. The van der Waals surface area contributed by atoms with Gasteiger partial charge in [0.15, 0.2) is 5.13 Å². The first kappa shape index (κ1) is 19.5. The first-order valence-corrected chi connectivity index (χ1v) is 11.3. The molecule has 2 aromatic heterocycles. The number of rotatable bonds is 4. The quantitative estimate of drug-likeness (QED) is 0.626. The van der Waals surface area contributed by atoms with Gasteiger partial charge in [0.05, 0.1) is 15.1 Å². The first-order chi connectivity index (χ1) is 13.3. The highest BCUT2D eigenvalue weighted by Crippen LogP contribution is 2.31. The molecule has 0 unspecified atom stereocenters. The number of aromatic nitrogens is 3. The molecule has 0 spiro atoms. The highest BCUT2D eigenvalue weighted by atomic mass is 35.5. The van der Waals surface area contributed by atoms with E-state index in [1.54, 1.807) is 35.5 Å². The molecule has 0 amide bonds. The van der Waals surface area contributed by atoms with Crippen molar-refractivity contribution in [3.8, 4) is 0 Å². The van der Waals surface area contributed by atoms with Crippen molar-refractivity contribution in [3.05, 3.63) is 35.2 Å². The van der Waals surface area contributed by atoms with E-state index in [2.05, 4.69) is 25.2 Å². The number of sulfonamides is 1. The van der Waals surface area contributed by atoms with E-state index >= 15 is 0 Å². The molecule has 0 aliphatic carbocycles. The van der Waals surface area contributed by atoms with Crippen molar-refractivity contribution in [1.29, 1.82) is 0 Å². The summed E-state index contributed by atoms with van der Waals surface area (Å²) in [5.74, 6) is 1.10. The zero-order chi connectivity index (χ0) is 19.9. The minimum absolute atomic E-state index is 0.292. The molecule has 1 saturated heterocycles. The van der Waals surface area contributed by atoms with Crippen LogP contribution in [-0.4, -0.2) is 65.8 Å². The van der Waals surface area contributed by atoms with Gasteiger partial charge in [-0.1, -0.05) is 22.9 Å². The van der Waals surface area contributed by atoms with Gasteiger partial charge in [-0.25, -0.2) is 23.4 Å². The Morgan fingerprint density at radius 1 is 1.11 bits per heavy atom. The van der Waals surface area contributed by atoms with E-state index in [0.717, 1.165) is 23.3 Å². The van der Waals surface area contributed by atoms with Crippen LogP contribution >= 0.6 is 22.9 Å². The number of anilines is 2. The number of thiazole rings is 1. The van der Waals surface area contributed by atoms with Crippen LogP contribution in [0, 0.1) is 6.92 Å². The minimum atomic E-state index is -3.51. The van der Waals surface area contributed by atoms with Crippen molar-refractivity contribution < 1.29 is 8.42 Å². The van der Waals surface area contributed by atoms with E-state index in [4.69, 9.17) is 11.6 Å². The lowest BCUT2D eigenvalue weighted by molar-refractivity contribution is 0.222. The average Bonchev–Trinajstić information content (AvgIpc) is 3.02. The lowest BCUT2D eigenvalue weighted by Gasteiger charge is -2.31. The maximum atomic E-state index is 13.0. The van der Waals surface area contributed by atoms with Crippen LogP contribution in [0.1, 0.15) is 5.82 Å². The van der Waals surface area contributed by atoms with Crippen LogP contribution in [0.4, 0.5) is 10.9 Å². The molecule has 0 atom stereocenters. The molecule has 28 heavy (non-hydrogen) atoms. The fourth-order valence-electron chi connectivity index (χ4n) is 3.00. The number of nitrogens with one attached hydrogen (secondary N) is 1. The van der Waals surface area contributed by atoms with E-state index in [0.29, 0.717) is 39.9 Å². The number of benzene rings is 1. The summed E-state index contributed by atoms with van der Waals surface area (Å²) in [7, 11) is -1.52. The van der Waals surface area contributed by atoms with Crippen LogP contribution in [0.5, 0.6) is 0 Å². The molecule has 11 heteroatoms. The molecule has 4 rings (SSSR count). The summed E-state index contributed by atoms with van der Waals surface area (Å²) in [5.41, 5.74) is 0.724. The van der Waals surface area contributed by atoms with Crippen LogP contribution in [-0.2, 0) is 10.0 Å². The lowest BCUT2D eigenvalue weighted by Crippen LogP contribution is -2.46. The van der Waals surface area contributed by atoms with Crippen LogP contribution in [0.25, 0.3) is 10.2 Å². The molecule has 3 aromatic rings. The average molecular weight is 439 g/mol. The monoisotopic (exact) mass is 438 g/mol. The Hall–Kier alpha value is -1.85. The highest BCUT2D eigenvalue weighted by Gasteiger charge is 2.27. The Kier molecular flexibility index (Phi) is 5.23. The fourth-order valence-corrected chi connectivity index (χ4v) is 5.66. The van der Waals surface area contributed by atoms with E-state index < -0.39 is 10.0 Å². The third-order valence-corrected chi connectivity index (χ3v) is 7.52. The van der Waals surface area contributed by atoms with Gasteiger partial charge in [0.1, 0.15) is 16.8 Å². The summed E-state index contributed by atoms with van der Waals surface area (Å²) < 4.78 is 28.2. The molecular weight excluding hydrogens is 420 g/mol. The predicted octanol–water partition coefficient (Wildman–Crippen LogP) is 2.73. The standard InChI is InChI=1S/C17H19ClN6O2S2/c1-11-19-15(18)10-16(20-11)22-17-21-13-4-3-12(9-14(13)27-17)28(25,26)24-7-5-23(2)6-8-24/h3-4,9-10H,5-8H2,1-2H3,(H,19,20,21,22). The van der Waals surface area contributed by atoms with E-state index in [9.17, 15) is 8.42 Å². The number of piperazine rings is 1. The SMILES string of the molecule is Cc1nc(Cl)cc(Nc2nc3ccc(S(=O)(=O)N4CCN(C)CC4)cc3s2)n1. The van der Waals surface area contributed by atoms with Crippen LogP contribution in [0.3, 0.4) is 0 Å². The summed E-state index contributed by atoms with van der Waals surface area (Å²) in [6, 6.07) is 6.65. The second-order valence-electron chi connectivity index (χ2n) is 6.60. The first-order valence-electron chi connectivity index (χ1n) is 8.69. The Morgan fingerprint density at radius 2 is 1.86 bits per heavy atom. The fraction of sp³-hybridized carbons (Fsp3) is 0.353. The summed E-state index contributed by atoms with van der Waals surface area (Å²) >= 11 is 7.33. The van der Waals surface area contributed by atoms with Crippen molar-refractivity contribution in [2.45, 2.75) is 11.8 Å². The van der Waals surface area contributed by atoms with Crippen molar-refractivity contribution in [3.63, 3.8) is 0 Å². The second kappa shape index (κ2) is 7.53. The highest BCUT2D eigenvalue weighted by molar-refractivity contribution is 7.89. The Balaban J connectivity index is 1.61. The van der Waals surface area contributed by atoms with Crippen LogP contribution in [0.15, 0.2) is 29.2 Å². The summed E-state index contributed by atoms with van der Waals surface area (Å²) in [4.78, 5) is 15.2. The number of hydrogen-bond acceptors (Lipinski definition) is 8. The number of likely N-dealkylation sites (N-methyl/N-ethyl adjacent to an activating group) is 1. The van der Waals surface area contributed by atoms with E-state index in [1.807, 2.05) is 7.05 Å². The van der Waals surface area contributed by atoms with Crippen molar-refractivity contribution in [2.24, 2.45) is 0 Å². The van der Waals surface area contributed by atoms with Gasteiger partial charge in [0.25, 0.3) is 0 Å². The van der Waals surface area contributed by atoms with Gasteiger partial charge in [-0.15, -0.1) is 0 Å². The van der Waals surface area contributed by atoms with Crippen LogP contribution in [0.2, 0.25) is 5.15 Å². The van der Waals surface area contributed by atoms with Gasteiger partial charge in [-0.2, -0.15) is 4.31 Å². The molecule has 1 aliphatic heterocycles. The number of hydrogen-bond donors (Lipinski definition) is 1. The summed E-state index contributed by atoms with van der Waals surface area (Å²) in [6.45, 7) is 4.22. The third-order valence-electron chi connectivity index (χ3n) is 4.50. The van der Waals surface area contributed by atoms with Crippen molar-refractivity contribution >= 4 is 54.1 Å². The van der Waals surface area contributed by atoms with Crippen molar-refractivity contribution in [2.75, 3.05) is 38.5 Å². The zero-order valence-corrected chi connectivity index (χ0v) is 17.8. The minimum Gasteiger partial charge on any atom is -0.316 e. The molecule has 148 valence electrons. The molecule has 1 fully saturated rings. The Labute approximate surface area is 172 Å². The molecule has 1 N–H and O–H groups in total. The second-order valence-corrected chi connectivity index (χ2v) is 9.96. The van der Waals surface area contributed by atoms with Crippen LogP contribution < -0.4 is 5.32 Å². The van der Waals surface area contributed by atoms with Gasteiger partial charge >= 0.3 is 0 Å². The summed E-state index contributed by atoms with van der Waals surface area (Å²) in [5, 5.41) is 4.06. The van der Waals surface area contributed by atoms with Gasteiger partial charge < -0.3 is 10.2 Å². The Morgan fingerprint density at radius 3 is 2.57 bits per heavy atom. The maximum Gasteiger partial charge on any atom is 0.243 e. The molecule has 1 aliphatic rings. The molecular formula is C17H19ClN6O2S2. The lowest BCUT2D eigenvalue weighted by atomic mass is 10.3. The predicted molar refractivity (Wildman–Crippen MR) is 111 cm³/mol. The molecule has 0 saturated carbocycles. The number of aryl methyl sites for hydroxylation is 1. The van der Waals surface area contributed by atoms with Gasteiger partial charge in [-0.05, 0) is 32.2 Å². The van der Waals surface area contributed by atoms with Crippen molar-refractivity contribution in [1.82, 2.24) is 24.2 Å². The summed E-state index contributed by atoms with van der Waals surface area (Å²) in [6.07, 6.45) is 0. The normalized spacial score (nSPS) is 16.5. The van der Waals surface area contributed by atoms with Gasteiger partial charge in [0.2, 0.25) is 10.0 Å². The number of halogens is 1. The maximum absolute atomic E-state index is 13.0.